The number of rotatable bonds is 4. The number of H-pyrrole nitrogens is 1. The Hall–Kier alpha value is -3.06. The Labute approximate surface area is 150 Å². The number of fused-ring (bicyclic) bond motifs is 1. The zero-order valence-corrected chi connectivity index (χ0v) is 14.5. The second-order valence-electron chi connectivity index (χ2n) is 6.06. The van der Waals surface area contributed by atoms with Crippen molar-refractivity contribution in [3.8, 4) is 5.75 Å². The fraction of sp³-hybridized carbons (Fsp3) is 0.263. The van der Waals surface area contributed by atoms with Crippen molar-refractivity contribution in [2.75, 3.05) is 38.7 Å². The lowest BCUT2D eigenvalue weighted by Gasteiger charge is -2.27. The highest BCUT2D eigenvalue weighted by Gasteiger charge is 2.20. The predicted molar refractivity (Wildman–Crippen MR) is 99.1 cm³/mol. The number of aromatic nitrogens is 2. The summed E-state index contributed by atoms with van der Waals surface area (Å²) in [5, 5.41) is 11.6. The van der Waals surface area contributed by atoms with Crippen molar-refractivity contribution in [2.24, 2.45) is 0 Å². The first-order chi connectivity index (χ1) is 12.8. The van der Waals surface area contributed by atoms with E-state index >= 15 is 0 Å². The average Bonchev–Trinajstić information content (AvgIpc) is 3.11. The highest BCUT2D eigenvalue weighted by atomic mass is 16.5. The minimum Gasteiger partial charge on any atom is -0.495 e. The number of methoxy groups -OCH3 is 1. The molecule has 2 heterocycles. The van der Waals surface area contributed by atoms with E-state index in [-0.39, 0.29) is 5.91 Å². The minimum absolute atomic E-state index is 0.0108. The lowest BCUT2D eigenvalue weighted by molar-refractivity contribution is 0.0302. The van der Waals surface area contributed by atoms with Gasteiger partial charge in [0, 0.05) is 24.0 Å². The largest absolute Gasteiger partial charge is 0.495 e. The Bertz CT molecular complexity index is 931. The van der Waals surface area contributed by atoms with Gasteiger partial charge in [0.05, 0.1) is 31.5 Å². The quantitative estimate of drug-likeness (QED) is 0.755. The number of ether oxygens (including phenoxy) is 2. The van der Waals surface area contributed by atoms with Crippen LogP contribution in [0.5, 0.6) is 5.75 Å². The summed E-state index contributed by atoms with van der Waals surface area (Å²) < 4.78 is 10.8. The number of hydrogen-bond acceptors (Lipinski definition) is 5. The Morgan fingerprint density at radius 2 is 2.04 bits per heavy atom. The first-order valence-electron chi connectivity index (χ1n) is 8.51. The molecule has 1 aliphatic rings. The van der Waals surface area contributed by atoms with Crippen molar-refractivity contribution < 1.29 is 14.3 Å². The summed E-state index contributed by atoms with van der Waals surface area (Å²) >= 11 is 0. The van der Waals surface area contributed by atoms with Crippen molar-refractivity contribution >= 4 is 28.3 Å². The van der Waals surface area contributed by atoms with Crippen molar-refractivity contribution in [1.29, 1.82) is 0 Å². The van der Waals surface area contributed by atoms with Gasteiger partial charge in [-0.15, -0.1) is 0 Å². The van der Waals surface area contributed by atoms with Gasteiger partial charge in [0.1, 0.15) is 5.75 Å². The van der Waals surface area contributed by atoms with Crippen LogP contribution in [0.2, 0.25) is 0 Å². The molecule has 26 heavy (non-hydrogen) atoms. The third kappa shape index (κ3) is 3.09. The van der Waals surface area contributed by atoms with Crippen molar-refractivity contribution in [2.45, 2.75) is 0 Å². The standard InChI is InChI=1S/C19H20N4O3/c1-25-17-12-13(19(24)23-8-10-26-11-9-23)6-7-16(17)20-18-14-4-2-3-5-15(14)21-22-18/h2-7,12H,8-11H2,1H3,(H2,20,21,22). The number of hydrogen-bond donors (Lipinski definition) is 2. The molecule has 1 aromatic heterocycles. The van der Waals surface area contributed by atoms with Gasteiger partial charge >= 0.3 is 0 Å². The maximum absolute atomic E-state index is 12.6. The van der Waals surface area contributed by atoms with Gasteiger partial charge in [-0.1, -0.05) is 12.1 Å². The Kier molecular flexibility index (Phi) is 4.45. The van der Waals surface area contributed by atoms with Crippen LogP contribution in [0.4, 0.5) is 11.5 Å². The van der Waals surface area contributed by atoms with Crippen LogP contribution in [-0.4, -0.2) is 54.4 Å². The highest BCUT2D eigenvalue weighted by molar-refractivity contribution is 5.96. The molecule has 134 valence electrons. The molecule has 3 aromatic rings. The van der Waals surface area contributed by atoms with Gasteiger partial charge in [-0.2, -0.15) is 5.10 Å². The van der Waals surface area contributed by atoms with Crippen molar-refractivity contribution in [3.05, 3.63) is 48.0 Å². The summed E-state index contributed by atoms with van der Waals surface area (Å²) in [4.78, 5) is 14.4. The molecule has 1 aliphatic heterocycles. The molecule has 1 amide bonds. The van der Waals surface area contributed by atoms with E-state index in [1.54, 1.807) is 24.1 Å². The summed E-state index contributed by atoms with van der Waals surface area (Å²) in [5.41, 5.74) is 2.30. The molecule has 7 heteroatoms. The van der Waals surface area contributed by atoms with Crippen LogP contribution in [0, 0.1) is 0 Å². The lowest BCUT2D eigenvalue weighted by atomic mass is 10.1. The number of morpholine rings is 1. The fourth-order valence-electron chi connectivity index (χ4n) is 3.06. The monoisotopic (exact) mass is 352 g/mol. The lowest BCUT2D eigenvalue weighted by Crippen LogP contribution is -2.40. The molecule has 7 nitrogen and oxygen atoms in total. The summed E-state index contributed by atoms with van der Waals surface area (Å²) in [7, 11) is 1.59. The third-order valence-electron chi connectivity index (χ3n) is 4.47. The number of carbonyl (C=O) groups excluding carboxylic acids is 1. The predicted octanol–water partition coefficient (Wildman–Crippen LogP) is 2.79. The van der Waals surface area contributed by atoms with Crippen LogP contribution in [0.15, 0.2) is 42.5 Å². The molecule has 0 spiro atoms. The third-order valence-corrected chi connectivity index (χ3v) is 4.47. The fourth-order valence-corrected chi connectivity index (χ4v) is 3.06. The zero-order chi connectivity index (χ0) is 17.9. The Morgan fingerprint density at radius 1 is 1.23 bits per heavy atom. The van der Waals surface area contributed by atoms with Crippen molar-refractivity contribution in [1.82, 2.24) is 15.1 Å². The second-order valence-corrected chi connectivity index (χ2v) is 6.06. The first-order valence-corrected chi connectivity index (χ1v) is 8.51. The SMILES string of the molecule is COc1cc(C(=O)N2CCOCC2)ccc1Nc1n[nH]c2ccccc12. The minimum atomic E-state index is -0.0108. The molecule has 1 fully saturated rings. The second kappa shape index (κ2) is 7.05. The van der Waals surface area contributed by atoms with Gasteiger partial charge < -0.3 is 19.7 Å². The molecule has 4 rings (SSSR count). The maximum atomic E-state index is 12.6. The van der Waals surface area contributed by atoms with Gasteiger partial charge in [-0.25, -0.2) is 0 Å². The van der Waals surface area contributed by atoms with Gasteiger partial charge in [0.25, 0.3) is 5.91 Å². The summed E-state index contributed by atoms with van der Waals surface area (Å²) in [6.45, 7) is 2.38. The molecule has 0 radical (unpaired) electrons. The van der Waals surface area contributed by atoms with E-state index in [0.29, 0.717) is 43.4 Å². The van der Waals surface area contributed by atoms with Crippen LogP contribution >= 0.6 is 0 Å². The van der Waals surface area contributed by atoms with Gasteiger partial charge in [-0.05, 0) is 30.3 Å². The van der Waals surface area contributed by atoms with Crippen LogP contribution in [0.3, 0.4) is 0 Å². The topological polar surface area (TPSA) is 79.5 Å². The summed E-state index contributed by atoms with van der Waals surface area (Å²) in [6.07, 6.45) is 0. The van der Waals surface area contributed by atoms with Gasteiger partial charge in [-0.3, -0.25) is 9.89 Å². The smallest absolute Gasteiger partial charge is 0.254 e. The summed E-state index contributed by atoms with van der Waals surface area (Å²) in [6, 6.07) is 13.3. The van der Waals surface area contributed by atoms with E-state index in [1.807, 2.05) is 30.3 Å². The Morgan fingerprint density at radius 3 is 2.85 bits per heavy atom. The van der Waals surface area contributed by atoms with E-state index in [0.717, 1.165) is 16.6 Å². The number of aromatic amines is 1. The van der Waals surface area contributed by atoms with Crippen LogP contribution in [-0.2, 0) is 4.74 Å². The molecule has 0 unspecified atom stereocenters. The zero-order valence-electron chi connectivity index (χ0n) is 14.5. The molecule has 1 saturated heterocycles. The van der Waals surface area contributed by atoms with E-state index in [2.05, 4.69) is 15.5 Å². The van der Waals surface area contributed by atoms with E-state index < -0.39 is 0 Å². The van der Waals surface area contributed by atoms with Gasteiger partial charge in [0.2, 0.25) is 0 Å². The number of nitrogens with zero attached hydrogens (tertiary/aromatic N) is 2. The number of nitrogens with one attached hydrogen (secondary N) is 2. The van der Waals surface area contributed by atoms with Crippen LogP contribution in [0.1, 0.15) is 10.4 Å². The molecule has 0 atom stereocenters. The van der Waals surface area contributed by atoms with Crippen molar-refractivity contribution in [3.63, 3.8) is 0 Å². The normalized spacial score (nSPS) is 14.4. The first kappa shape index (κ1) is 16.4. The van der Waals surface area contributed by atoms with E-state index in [9.17, 15) is 4.79 Å². The molecular weight excluding hydrogens is 332 g/mol. The van der Waals surface area contributed by atoms with Gasteiger partial charge in [0.15, 0.2) is 5.82 Å². The summed E-state index contributed by atoms with van der Waals surface area (Å²) in [5.74, 6) is 1.30. The van der Waals surface area contributed by atoms with E-state index in [1.165, 1.54) is 0 Å². The molecular formula is C19H20N4O3. The number of benzene rings is 2. The molecule has 0 aliphatic carbocycles. The van der Waals surface area contributed by atoms with Crippen LogP contribution in [0.25, 0.3) is 10.9 Å². The molecule has 0 saturated carbocycles. The number of amides is 1. The highest BCUT2D eigenvalue weighted by Crippen LogP contribution is 2.31. The number of anilines is 2. The number of carbonyl (C=O) groups is 1. The average molecular weight is 352 g/mol. The van der Waals surface area contributed by atoms with E-state index in [4.69, 9.17) is 9.47 Å². The van der Waals surface area contributed by atoms with Crippen LogP contribution < -0.4 is 10.1 Å². The molecule has 2 aromatic carbocycles. The maximum Gasteiger partial charge on any atom is 0.254 e. The Balaban J connectivity index is 1.60. The molecule has 2 N–H and O–H groups in total. The number of para-hydroxylation sites is 1. The molecule has 0 bridgehead atoms.